The van der Waals surface area contributed by atoms with E-state index in [4.69, 9.17) is 4.74 Å². The predicted octanol–water partition coefficient (Wildman–Crippen LogP) is 2.94. The predicted molar refractivity (Wildman–Crippen MR) is 72.3 cm³/mol. The minimum Gasteiger partial charge on any atom is -0.386 e. The van der Waals surface area contributed by atoms with Crippen molar-refractivity contribution in [2.45, 2.75) is 26.1 Å². The van der Waals surface area contributed by atoms with Crippen LogP contribution in [-0.4, -0.2) is 23.3 Å². The molecule has 0 amide bonds. The van der Waals surface area contributed by atoms with Crippen LogP contribution in [0.4, 0.5) is 0 Å². The van der Waals surface area contributed by atoms with Crippen molar-refractivity contribution in [1.29, 1.82) is 0 Å². The third-order valence-corrected chi connectivity index (χ3v) is 3.21. The van der Waals surface area contributed by atoms with Crippen LogP contribution in [0.15, 0.2) is 36.5 Å². The van der Waals surface area contributed by atoms with Gasteiger partial charge in [-0.05, 0) is 29.7 Å². The first kappa shape index (κ1) is 13.0. The largest absolute Gasteiger partial charge is 0.386 e. The molecule has 1 aromatic carbocycles. The lowest BCUT2D eigenvalue weighted by molar-refractivity contribution is -0.0390. The van der Waals surface area contributed by atoms with Crippen LogP contribution in [0.3, 0.4) is 0 Å². The quantitative estimate of drug-likeness (QED) is 0.900. The first-order chi connectivity index (χ1) is 8.63. The Hall–Kier alpha value is -1.45. The van der Waals surface area contributed by atoms with Gasteiger partial charge in [-0.15, -0.1) is 0 Å². The van der Waals surface area contributed by atoms with Crippen LogP contribution in [0.1, 0.15) is 25.5 Å². The Morgan fingerprint density at radius 2 is 2.00 bits per heavy atom. The number of benzene rings is 1. The molecule has 3 heteroatoms. The summed E-state index contributed by atoms with van der Waals surface area (Å²) in [7, 11) is 1.64. The Kier molecular flexibility index (Phi) is 3.94. The minimum absolute atomic E-state index is 0.195. The summed E-state index contributed by atoms with van der Waals surface area (Å²) in [4.78, 5) is 4.27. The summed E-state index contributed by atoms with van der Waals surface area (Å²) < 4.78 is 5.37. The fourth-order valence-corrected chi connectivity index (χ4v) is 2.23. The van der Waals surface area contributed by atoms with E-state index in [1.807, 2.05) is 44.2 Å². The number of hydrogen-bond acceptors (Lipinski definition) is 3. The van der Waals surface area contributed by atoms with Gasteiger partial charge in [0.2, 0.25) is 0 Å². The number of aliphatic hydroxyl groups is 1. The van der Waals surface area contributed by atoms with E-state index >= 15 is 0 Å². The van der Waals surface area contributed by atoms with Crippen molar-refractivity contribution < 1.29 is 9.84 Å². The summed E-state index contributed by atoms with van der Waals surface area (Å²) in [5.74, 6) is 0.259. The monoisotopic (exact) mass is 245 g/mol. The Morgan fingerprint density at radius 1 is 1.22 bits per heavy atom. The average molecular weight is 245 g/mol. The van der Waals surface area contributed by atoms with Crippen molar-refractivity contribution in [3.8, 4) is 0 Å². The number of ether oxygens (including phenoxy) is 1. The van der Waals surface area contributed by atoms with Crippen molar-refractivity contribution >= 4 is 10.9 Å². The molecule has 3 nitrogen and oxygen atoms in total. The van der Waals surface area contributed by atoms with Crippen LogP contribution in [0, 0.1) is 5.92 Å². The minimum atomic E-state index is -0.611. The number of nitrogens with zero attached hydrogens (tertiary/aromatic N) is 1. The van der Waals surface area contributed by atoms with E-state index in [0.717, 1.165) is 16.5 Å². The summed E-state index contributed by atoms with van der Waals surface area (Å²) in [6.45, 7) is 4.08. The molecule has 1 aromatic heterocycles. The molecule has 0 spiro atoms. The summed E-state index contributed by atoms with van der Waals surface area (Å²) in [6.07, 6.45) is 0.962. The normalized spacial score (nSPS) is 14.9. The lowest BCUT2D eigenvalue weighted by atomic mass is 9.95. The van der Waals surface area contributed by atoms with Gasteiger partial charge in [0.1, 0.15) is 6.10 Å². The van der Waals surface area contributed by atoms with Gasteiger partial charge in [0.15, 0.2) is 0 Å². The standard InChI is InChI=1S/C15H19NO2/c1-10(2)15(18-3)14(17)12-6-7-13-11(9-12)5-4-8-16-13/h4-10,14-15,17H,1-3H3. The molecule has 0 aliphatic carbocycles. The van der Waals surface area contributed by atoms with Gasteiger partial charge < -0.3 is 9.84 Å². The highest BCUT2D eigenvalue weighted by Gasteiger charge is 2.23. The van der Waals surface area contributed by atoms with Gasteiger partial charge in [-0.2, -0.15) is 0 Å². The van der Waals surface area contributed by atoms with Crippen molar-refractivity contribution in [2.75, 3.05) is 7.11 Å². The summed E-state index contributed by atoms with van der Waals surface area (Å²) in [6, 6.07) is 9.71. The SMILES string of the molecule is COC(C(C)C)C(O)c1ccc2ncccc2c1. The van der Waals surface area contributed by atoms with Crippen LogP contribution in [0.25, 0.3) is 10.9 Å². The van der Waals surface area contributed by atoms with Gasteiger partial charge in [0.25, 0.3) is 0 Å². The molecule has 96 valence electrons. The van der Waals surface area contributed by atoms with Crippen molar-refractivity contribution in [1.82, 2.24) is 4.98 Å². The molecular weight excluding hydrogens is 226 g/mol. The molecule has 2 unspecified atom stereocenters. The number of pyridine rings is 1. The summed E-state index contributed by atoms with van der Waals surface area (Å²) in [5, 5.41) is 11.4. The van der Waals surface area contributed by atoms with Gasteiger partial charge in [-0.1, -0.05) is 26.0 Å². The Labute approximate surface area is 107 Å². The molecule has 0 fully saturated rings. The molecule has 1 heterocycles. The van der Waals surface area contributed by atoms with Crippen molar-refractivity contribution in [3.63, 3.8) is 0 Å². The molecule has 2 aromatic rings. The van der Waals surface area contributed by atoms with Crippen LogP contribution < -0.4 is 0 Å². The summed E-state index contributed by atoms with van der Waals surface area (Å²) in [5.41, 5.74) is 1.81. The van der Waals surface area contributed by atoms with E-state index in [1.54, 1.807) is 13.3 Å². The molecule has 0 bridgehead atoms. The maximum absolute atomic E-state index is 10.4. The van der Waals surface area contributed by atoms with Crippen LogP contribution in [0.5, 0.6) is 0 Å². The lowest BCUT2D eigenvalue weighted by Crippen LogP contribution is -2.26. The maximum atomic E-state index is 10.4. The number of hydrogen-bond donors (Lipinski definition) is 1. The maximum Gasteiger partial charge on any atom is 0.105 e. The molecule has 0 aliphatic heterocycles. The van der Waals surface area contributed by atoms with Gasteiger partial charge >= 0.3 is 0 Å². The number of aliphatic hydroxyl groups excluding tert-OH is 1. The smallest absolute Gasteiger partial charge is 0.105 e. The second-order valence-corrected chi connectivity index (χ2v) is 4.84. The van der Waals surface area contributed by atoms with Crippen LogP contribution >= 0.6 is 0 Å². The van der Waals surface area contributed by atoms with E-state index in [0.29, 0.717) is 0 Å². The zero-order valence-electron chi connectivity index (χ0n) is 11.0. The molecule has 0 saturated carbocycles. The van der Waals surface area contributed by atoms with E-state index < -0.39 is 6.10 Å². The van der Waals surface area contributed by atoms with Gasteiger partial charge in [-0.3, -0.25) is 4.98 Å². The van der Waals surface area contributed by atoms with Gasteiger partial charge in [0.05, 0.1) is 11.6 Å². The number of methoxy groups -OCH3 is 1. The molecule has 18 heavy (non-hydrogen) atoms. The summed E-state index contributed by atoms with van der Waals surface area (Å²) >= 11 is 0. The zero-order valence-corrected chi connectivity index (χ0v) is 11.0. The third-order valence-electron chi connectivity index (χ3n) is 3.21. The lowest BCUT2D eigenvalue weighted by Gasteiger charge is -2.25. The van der Waals surface area contributed by atoms with E-state index in [2.05, 4.69) is 4.98 Å². The number of rotatable bonds is 4. The second kappa shape index (κ2) is 5.46. The van der Waals surface area contributed by atoms with E-state index in [9.17, 15) is 5.11 Å². The fraction of sp³-hybridized carbons (Fsp3) is 0.400. The van der Waals surface area contributed by atoms with Gasteiger partial charge in [0, 0.05) is 18.7 Å². The second-order valence-electron chi connectivity index (χ2n) is 4.84. The molecule has 2 atom stereocenters. The van der Waals surface area contributed by atoms with Crippen LogP contribution in [0.2, 0.25) is 0 Å². The first-order valence-electron chi connectivity index (χ1n) is 6.19. The van der Waals surface area contributed by atoms with Crippen molar-refractivity contribution in [3.05, 3.63) is 42.1 Å². The highest BCUT2D eigenvalue weighted by Crippen LogP contribution is 2.26. The molecule has 0 radical (unpaired) electrons. The fourth-order valence-electron chi connectivity index (χ4n) is 2.23. The van der Waals surface area contributed by atoms with Gasteiger partial charge in [-0.25, -0.2) is 0 Å². The first-order valence-corrected chi connectivity index (χ1v) is 6.19. The molecule has 2 rings (SSSR count). The van der Waals surface area contributed by atoms with Crippen molar-refractivity contribution in [2.24, 2.45) is 5.92 Å². The molecule has 0 aliphatic rings. The zero-order chi connectivity index (χ0) is 13.1. The average Bonchev–Trinajstić information content (AvgIpc) is 2.38. The van der Waals surface area contributed by atoms with E-state index in [1.165, 1.54) is 0 Å². The van der Waals surface area contributed by atoms with E-state index in [-0.39, 0.29) is 12.0 Å². The number of aromatic nitrogens is 1. The Morgan fingerprint density at radius 3 is 2.67 bits per heavy atom. The molecule has 0 saturated heterocycles. The Bertz CT molecular complexity index is 525. The highest BCUT2D eigenvalue weighted by atomic mass is 16.5. The highest BCUT2D eigenvalue weighted by molar-refractivity contribution is 5.79. The molecular formula is C15H19NO2. The topological polar surface area (TPSA) is 42.4 Å². The number of fused-ring (bicyclic) bond motifs is 1. The third kappa shape index (κ3) is 2.52. The molecule has 1 N–H and O–H groups in total. The van der Waals surface area contributed by atoms with Crippen LogP contribution in [-0.2, 0) is 4.74 Å². The Balaban J connectivity index is 2.35.